The number of alkyl halides is 7. The lowest BCUT2D eigenvalue weighted by atomic mass is 9.79. The molecule has 2 atom stereocenters. The molecule has 0 heterocycles. The Morgan fingerprint density at radius 3 is 2.00 bits per heavy atom. The molecule has 0 N–H and O–H groups in total. The maximum absolute atomic E-state index is 14.0. The fourth-order valence-electron chi connectivity index (χ4n) is 1.64. The van der Waals surface area contributed by atoms with Gasteiger partial charge in [0.2, 0.25) is 9.34 Å². The van der Waals surface area contributed by atoms with Gasteiger partial charge in [0.05, 0.1) is 0 Å². The van der Waals surface area contributed by atoms with Gasteiger partial charge in [0.25, 0.3) is 0 Å². The van der Waals surface area contributed by atoms with E-state index in [4.69, 9.17) is 0 Å². The molecule has 0 saturated heterocycles. The summed E-state index contributed by atoms with van der Waals surface area (Å²) in [6.45, 7) is 1.23. The number of hydrogen-bond acceptors (Lipinski definition) is 0. The summed E-state index contributed by atoms with van der Waals surface area (Å²) in [4.78, 5) is 0. The fourth-order valence-corrected chi connectivity index (χ4v) is 2.52. The molecule has 0 saturated carbocycles. The lowest BCUT2D eigenvalue weighted by Crippen LogP contribution is -2.66. The molecule has 0 bridgehead atoms. The van der Waals surface area contributed by atoms with Crippen LogP contribution in [0.1, 0.15) is 19.8 Å². The molecule has 1 rings (SSSR count). The molecule has 0 aliphatic heterocycles. The molecule has 8 heteroatoms. The van der Waals surface area contributed by atoms with Gasteiger partial charge in [0.1, 0.15) is 0 Å². The molecule has 0 aromatic rings. The molecule has 0 aromatic carbocycles. The van der Waals surface area contributed by atoms with E-state index in [0.717, 1.165) is 0 Å². The van der Waals surface area contributed by atoms with Crippen LogP contribution in [0.25, 0.3) is 0 Å². The highest BCUT2D eigenvalue weighted by Gasteiger charge is 2.80. The highest BCUT2D eigenvalue weighted by molar-refractivity contribution is 14.1. The van der Waals surface area contributed by atoms with E-state index in [9.17, 15) is 30.7 Å². The van der Waals surface area contributed by atoms with Crippen molar-refractivity contribution in [1.82, 2.24) is 0 Å². The molecule has 0 amide bonds. The van der Waals surface area contributed by atoms with E-state index < -0.39 is 39.5 Å². The Hall–Kier alpha value is -0.0200. The van der Waals surface area contributed by atoms with E-state index in [2.05, 4.69) is 0 Å². The highest BCUT2D eigenvalue weighted by atomic mass is 127. The van der Waals surface area contributed by atoms with Crippen LogP contribution >= 0.6 is 22.6 Å². The standard InChI is InChI=1S/C9H8F7I/c1-2-3-6(11)7(12,17)4-5(10)8(13,14)9(6,15)16/h4H,2-3H2,1H3. The van der Waals surface area contributed by atoms with Crippen molar-refractivity contribution in [3.63, 3.8) is 0 Å². The van der Waals surface area contributed by atoms with E-state index in [0.29, 0.717) is 22.6 Å². The Kier molecular flexibility index (Phi) is 3.53. The van der Waals surface area contributed by atoms with Crippen LogP contribution in [0.2, 0.25) is 0 Å². The number of allylic oxidation sites excluding steroid dienone is 2. The number of halogens is 8. The molecule has 0 aromatic heterocycles. The predicted molar refractivity (Wildman–Crippen MR) is 55.7 cm³/mol. The van der Waals surface area contributed by atoms with Crippen molar-refractivity contribution in [3.8, 4) is 0 Å². The van der Waals surface area contributed by atoms with Crippen molar-refractivity contribution in [3.05, 3.63) is 11.9 Å². The third-order valence-electron chi connectivity index (χ3n) is 2.62. The average molecular weight is 376 g/mol. The Balaban J connectivity index is 3.48. The van der Waals surface area contributed by atoms with E-state index in [1.807, 2.05) is 0 Å². The van der Waals surface area contributed by atoms with Crippen LogP contribution in [0, 0.1) is 0 Å². The van der Waals surface area contributed by atoms with Crippen molar-refractivity contribution in [2.24, 2.45) is 0 Å². The van der Waals surface area contributed by atoms with Crippen molar-refractivity contribution in [1.29, 1.82) is 0 Å². The van der Waals surface area contributed by atoms with Crippen molar-refractivity contribution in [2.75, 3.05) is 0 Å². The zero-order valence-corrected chi connectivity index (χ0v) is 10.7. The minimum Gasteiger partial charge on any atom is -0.232 e. The normalized spacial score (nSPS) is 39.9. The maximum atomic E-state index is 14.0. The highest BCUT2D eigenvalue weighted by Crippen LogP contribution is 2.61. The molecule has 0 nitrogen and oxygen atoms in total. The Bertz CT molecular complexity index is 349. The van der Waals surface area contributed by atoms with Gasteiger partial charge in [0.15, 0.2) is 5.83 Å². The second kappa shape index (κ2) is 3.99. The lowest BCUT2D eigenvalue weighted by Gasteiger charge is -2.45. The number of rotatable bonds is 2. The van der Waals surface area contributed by atoms with Gasteiger partial charge in [-0.15, -0.1) is 0 Å². The van der Waals surface area contributed by atoms with Gasteiger partial charge in [-0.1, -0.05) is 13.3 Å². The maximum Gasteiger partial charge on any atom is 0.364 e. The van der Waals surface area contributed by atoms with Crippen LogP contribution in [0.15, 0.2) is 11.9 Å². The molecule has 0 spiro atoms. The van der Waals surface area contributed by atoms with Crippen molar-refractivity contribution in [2.45, 2.75) is 41.0 Å². The van der Waals surface area contributed by atoms with Crippen LogP contribution in [0.3, 0.4) is 0 Å². The fraction of sp³-hybridized carbons (Fsp3) is 0.778. The Morgan fingerprint density at radius 1 is 1.12 bits per heavy atom. The van der Waals surface area contributed by atoms with Gasteiger partial charge in [-0.05, 0) is 29.0 Å². The van der Waals surface area contributed by atoms with Crippen molar-refractivity contribution < 1.29 is 30.7 Å². The summed E-state index contributed by atoms with van der Waals surface area (Å²) >= 11 is 0.579. The monoisotopic (exact) mass is 376 g/mol. The summed E-state index contributed by atoms with van der Waals surface area (Å²) in [7, 11) is 0. The van der Waals surface area contributed by atoms with Gasteiger partial charge >= 0.3 is 11.8 Å². The summed E-state index contributed by atoms with van der Waals surface area (Å²) in [5.41, 5.74) is -4.14. The van der Waals surface area contributed by atoms with Gasteiger partial charge < -0.3 is 0 Å². The van der Waals surface area contributed by atoms with Crippen LogP contribution in [-0.2, 0) is 0 Å². The first-order chi connectivity index (χ1) is 7.44. The first kappa shape index (κ1) is 15.0. The molecule has 100 valence electrons. The van der Waals surface area contributed by atoms with E-state index >= 15 is 0 Å². The molecule has 17 heavy (non-hydrogen) atoms. The summed E-state index contributed by atoms with van der Waals surface area (Å²) in [6, 6.07) is 0. The summed E-state index contributed by atoms with van der Waals surface area (Å²) in [5.74, 6) is -13.4. The van der Waals surface area contributed by atoms with E-state index in [1.54, 1.807) is 0 Å². The minimum absolute atomic E-state index is 0.285. The van der Waals surface area contributed by atoms with Crippen LogP contribution < -0.4 is 0 Å². The van der Waals surface area contributed by atoms with Crippen LogP contribution in [0.5, 0.6) is 0 Å². The molecule has 1 aliphatic carbocycles. The van der Waals surface area contributed by atoms with Gasteiger partial charge in [0, 0.05) is 6.08 Å². The van der Waals surface area contributed by atoms with Gasteiger partial charge in [-0.25, -0.2) is 13.2 Å². The first-order valence-electron chi connectivity index (χ1n) is 4.65. The smallest absolute Gasteiger partial charge is 0.232 e. The predicted octanol–water partition coefficient (Wildman–Crippen LogP) is 4.73. The minimum atomic E-state index is -5.44. The van der Waals surface area contributed by atoms with Crippen molar-refractivity contribution >= 4 is 22.6 Å². The van der Waals surface area contributed by atoms with E-state index in [1.165, 1.54) is 6.92 Å². The molecule has 2 unspecified atom stereocenters. The first-order valence-corrected chi connectivity index (χ1v) is 5.73. The zero-order chi connectivity index (χ0) is 13.7. The largest absolute Gasteiger partial charge is 0.364 e. The van der Waals surface area contributed by atoms with Crippen LogP contribution in [-0.4, -0.2) is 21.2 Å². The second-order valence-corrected chi connectivity index (χ2v) is 5.39. The van der Waals surface area contributed by atoms with Gasteiger partial charge in [-0.3, -0.25) is 0 Å². The molecule has 1 aliphatic rings. The third kappa shape index (κ3) is 1.77. The lowest BCUT2D eigenvalue weighted by molar-refractivity contribution is -0.283. The third-order valence-corrected chi connectivity index (χ3v) is 3.79. The molecule has 0 fully saturated rings. The SMILES string of the molecule is CCCC1(F)C(F)(I)C=C(F)C(F)(F)C1(F)F. The number of hydrogen-bond donors (Lipinski definition) is 0. The molecular weight excluding hydrogens is 368 g/mol. The molecular formula is C9H8F7I. The summed E-state index contributed by atoms with van der Waals surface area (Å²) in [6.07, 6.45) is -1.84. The zero-order valence-electron chi connectivity index (χ0n) is 8.52. The van der Waals surface area contributed by atoms with Crippen LogP contribution in [0.4, 0.5) is 30.7 Å². The van der Waals surface area contributed by atoms with Gasteiger partial charge in [-0.2, -0.15) is 17.6 Å². The quantitative estimate of drug-likeness (QED) is 0.371. The Morgan fingerprint density at radius 2 is 1.59 bits per heavy atom. The second-order valence-electron chi connectivity index (χ2n) is 3.82. The summed E-state index contributed by atoms with van der Waals surface area (Å²) in [5, 5.41) is 0. The Labute approximate surface area is 106 Å². The topological polar surface area (TPSA) is 0 Å². The average Bonchev–Trinajstić information content (AvgIpc) is 2.14. The molecule has 0 radical (unpaired) electrons. The van der Waals surface area contributed by atoms with E-state index in [-0.39, 0.29) is 6.42 Å². The summed E-state index contributed by atoms with van der Waals surface area (Å²) < 4.78 is 89.4.